The highest BCUT2D eigenvalue weighted by molar-refractivity contribution is 5.75. The molecular formula is C14H26N2O3. The van der Waals surface area contributed by atoms with Crippen molar-refractivity contribution in [2.45, 2.75) is 32.2 Å². The minimum Gasteiger partial charge on any atom is -0.481 e. The summed E-state index contributed by atoms with van der Waals surface area (Å²) in [4.78, 5) is 16.4. The van der Waals surface area contributed by atoms with Crippen molar-refractivity contribution in [2.75, 3.05) is 46.4 Å². The van der Waals surface area contributed by atoms with E-state index in [4.69, 9.17) is 4.74 Å². The second-order valence-electron chi connectivity index (χ2n) is 6.64. The lowest BCUT2D eigenvalue weighted by atomic mass is 9.79. The average molecular weight is 270 g/mol. The molecule has 0 atom stereocenters. The molecule has 0 bridgehead atoms. The van der Waals surface area contributed by atoms with Gasteiger partial charge >= 0.3 is 5.97 Å². The number of piperazine rings is 1. The second-order valence-corrected chi connectivity index (χ2v) is 6.64. The fourth-order valence-electron chi connectivity index (χ4n) is 3.11. The standard InChI is InChI=1S/C14H26N2O3/c1-13(2)10-16(7-6-15(13)3)11-14(12(17)18)4-8-19-9-5-14/h4-11H2,1-3H3,(H,17,18). The van der Waals surface area contributed by atoms with Gasteiger partial charge in [0.2, 0.25) is 0 Å². The number of carboxylic acid groups (broad SMARTS) is 1. The Bertz CT molecular complexity index is 338. The summed E-state index contributed by atoms with van der Waals surface area (Å²) in [6.07, 6.45) is 1.27. The van der Waals surface area contributed by atoms with Gasteiger partial charge in [-0.2, -0.15) is 0 Å². The van der Waals surface area contributed by atoms with Gasteiger partial charge in [-0.3, -0.25) is 14.6 Å². The molecular weight excluding hydrogens is 244 g/mol. The maximum Gasteiger partial charge on any atom is 0.311 e. The second kappa shape index (κ2) is 5.38. The van der Waals surface area contributed by atoms with Crippen LogP contribution in [0.15, 0.2) is 0 Å². The topological polar surface area (TPSA) is 53.0 Å². The van der Waals surface area contributed by atoms with Gasteiger partial charge in [0, 0.05) is 44.9 Å². The molecule has 0 spiro atoms. The Morgan fingerprint density at radius 1 is 1.26 bits per heavy atom. The third-order valence-corrected chi connectivity index (χ3v) is 4.83. The zero-order chi connectivity index (χ0) is 14.1. The molecule has 0 saturated carbocycles. The molecule has 0 aromatic heterocycles. The van der Waals surface area contributed by atoms with Crippen molar-refractivity contribution in [2.24, 2.45) is 5.41 Å². The molecule has 0 aliphatic carbocycles. The predicted molar refractivity (Wildman–Crippen MR) is 73.3 cm³/mol. The molecule has 5 nitrogen and oxygen atoms in total. The van der Waals surface area contributed by atoms with E-state index in [2.05, 4.69) is 30.7 Å². The number of hydrogen-bond donors (Lipinski definition) is 1. The van der Waals surface area contributed by atoms with Crippen molar-refractivity contribution in [3.63, 3.8) is 0 Å². The molecule has 19 heavy (non-hydrogen) atoms. The van der Waals surface area contributed by atoms with E-state index in [-0.39, 0.29) is 5.54 Å². The predicted octanol–water partition coefficient (Wildman–Crippen LogP) is 0.894. The minimum absolute atomic E-state index is 0.114. The first-order valence-electron chi connectivity index (χ1n) is 7.11. The molecule has 2 fully saturated rings. The molecule has 0 amide bonds. The van der Waals surface area contributed by atoms with E-state index >= 15 is 0 Å². The quantitative estimate of drug-likeness (QED) is 0.825. The average Bonchev–Trinajstić information content (AvgIpc) is 2.34. The number of carboxylic acids is 1. The normalized spacial score (nSPS) is 28.2. The minimum atomic E-state index is -0.660. The Hall–Kier alpha value is -0.650. The van der Waals surface area contributed by atoms with Gasteiger partial charge in [0.1, 0.15) is 0 Å². The van der Waals surface area contributed by atoms with E-state index in [0.717, 1.165) is 19.6 Å². The van der Waals surface area contributed by atoms with Crippen LogP contribution in [0.1, 0.15) is 26.7 Å². The summed E-state index contributed by atoms with van der Waals surface area (Å²) in [6, 6.07) is 0. The fraction of sp³-hybridized carbons (Fsp3) is 0.929. The number of ether oxygens (including phenoxy) is 1. The molecule has 0 aromatic rings. The molecule has 2 saturated heterocycles. The molecule has 2 heterocycles. The van der Waals surface area contributed by atoms with Gasteiger partial charge in [-0.1, -0.05) is 0 Å². The number of aliphatic carboxylic acids is 1. The first kappa shape index (κ1) is 14.8. The summed E-state index contributed by atoms with van der Waals surface area (Å²) in [5, 5.41) is 9.61. The summed E-state index contributed by atoms with van der Waals surface area (Å²) in [5.41, 5.74) is -0.493. The van der Waals surface area contributed by atoms with E-state index in [0.29, 0.717) is 32.6 Å². The lowest BCUT2D eigenvalue weighted by Crippen LogP contribution is -2.60. The summed E-state index contributed by atoms with van der Waals surface area (Å²) in [6.45, 7) is 9.12. The molecule has 0 unspecified atom stereocenters. The zero-order valence-electron chi connectivity index (χ0n) is 12.3. The third-order valence-electron chi connectivity index (χ3n) is 4.83. The van der Waals surface area contributed by atoms with Crippen LogP contribution in [-0.4, -0.2) is 72.9 Å². The van der Waals surface area contributed by atoms with E-state index in [9.17, 15) is 9.90 Å². The molecule has 1 N–H and O–H groups in total. The first-order chi connectivity index (χ1) is 8.86. The van der Waals surface area contributed by atoms with E-state index in [1.807, 2.05) is 0 Å². The highest BCUT2D eigenvalue weighted by Crippen LogP contribution is 2.33. The van der Waals surface area contributed by atoms with Gasteiger partial charge < -0.3 is 9.84 Å². The van der Waals surface area contributed by atoms with Crippen LogP contribution in [0.2, 0.25) is 0 Å². The Balaban J connectivity index is 2.04. The molecule has 0 aromatic carbocycles. The lowest BCUT2D eigenvalue weighted by Gasteiger charge is -2.48. The molecule has 2 aliphatic heterocycles. The Morgan fingerprint density at radius 2 is 1.89 bits per heavy atom. The van der Waals surface area contributed by atoms with E-state index < -0.39 is 11.4 Å². The van der Waals surface area contributed by atoms with E-state index in [1.54, 1.807) is 0 Å². The summed E-state index contributed by atoms with van der Waals surface area (Å²) < 4.78 is 5.33. The van der Waals surface area contributed by atoms with Crippen molar-refractivity contribution in [1.82, 2.24) is 9.80 Å². The summed E-state index contributed by atoms with van der Waals surface area (Å²) in [7, 11) is 2.14. The van der Waals surface area contributed by atoms with Gasteiger partial charge in [-0.15, -0.1) is 0 Å². The molecule has 110 valence electrons. The number of carbonyl (C=O) groups is 1. The smallest absolute Gasteiger partial charge is 0.311 e. The number of likely N-dealkylation sites (N-methyl/N-ethyl adjacent to an activating group) is 1. The third kappa shape index (κ3) is 3.09. The number of hydrogen-bond acceptors (Lipinski definition) is 4. The molecule has 0 radical (unpaired) electrons. The highest BCUT2D eigenvalue weighted by atomic mass is 16.5. The van der Waals surface area contributed by atoms with Crippen molar-refractivity contribution in [1.29, 1.82) is 0 Å². The largest absolute Gasteiger partial charge is 0.481 e. The summed E-state index contributed by atoms with van der Waals surface area (Å²) >= 11 is 0. The van der Waals surface area contributed by atoms with Crippen LogP contribution in [0.5, 0.6) is 0 Å². The SMILES string of the molecule is CN1CCN(CC2(C(=O)O)CCOCC2)CC1(C)C. The van der Waals surface area contributed by atoms with Crippen molar-refractivity contribution < 1.29 is 14.6 Å². The maximum absolute atomic E-state index is 11.7. The van der Waals surface area contributed by atoms with Crippen LogP contribution in [0, 0.1) is 5.41 Å². The van der Waals surface area contributed by atoms with Crippen molar-refractivity contribution >= 4 is 5.97 Å². The van der Waals surface area contributed by atoms with Crippen LogP contribution in [0.4, 0.5) is 0 Å². The Morgan fingerprint density at radius 3 is 2.42 bits per heavy atom. The highest BCUT2D eigenvalue weighted by Gasteiger charge is 2.43. The lowest BCUT2D eigenvalue weighted by molar-refractivity contribution is -0.157. The molecule has 2 rings (SSSR count). The van der Waals surface area contributed by atoms with Crippen molar-refractivity contribution in [3.05, 3.63) is 0 Å². The van der Waals surface area contributed by atoms with Crippen LogP contribution >= 0.6 is 0 Å². The number of rotatable bonds is 3. The maximum atomic E-state index is 11.7. The Kier molecular flexibility index (Phi) is 4.18. The van der Waals surface area contributed by atoms with Gasteiger partial charge in [0.15, 0.2) is 0 Å². The van der Waals surface area contributed by atoms with Gasteiger partial charge in [0.05, 0.1) is 5.41 Å². The molecule has 5 heteroatoms. The van der Waals surface area contributed by atoms with E-state index in [1.165, 1.54) is 0 Å². The van der Waals surface area contributed by atoms with Gasteiger partial charge in [-0.05, 0) is 33.7 Å². The number of nitrogens with zero attached hydrogens (tertiary/aromatic N) is 2. The monoisotopic (exact) mass is 270 g/mol. The van der Waals surface area contributed by atoms with Crippen LogP contribution in [0.25, 0.3) is 0 Å². The van der Waals surface area contributed by atoms with Gasteiger partial charge in [-0.25, -0.2) is 0 Å². The van der Waals surface area contributed by atoms with Crippen LogP contribution < -0.4 is 0 Å². The van der Waals surface area contributed by atoms with Crippen molar-refractivity contribution in [3.8, 4) is 0 Å². The molecule has 2 aliphatic rings. The van der Waals surface area contributed by atoms with Gasteiger partial charge in [0.25, 0.3) is 0 Å². The summed E-state index contributed by atoms with van der Waals surface area (Å²) in [5.74, 6) is -0.660. The first-order valence-corrected chi connectivity index (χ1v) is 7.11. The van der Waals surface area contributed by atoms with Crippen LogP contribution in [0.3, 0.4) is 0 Å². The Labute approximate surface area is 115 Å². The van der Waals surface area contributed by atoms with Crippen LogP contribution in [-0.2, 0) is 9.53 Å². The zero-order valence-corrected chi connectivity index (χ0v) is 12.3. The fourth-order valence-corrected chi connectivity index (χ4v) is 3.11.